The summed E-state index contributed by atoms with van der Waals surface area (Å²) in [5.74, 6) is 0. The van der Waals surface area contributed by atoms with E-state index in [0.29, 0.717) is 0 Å². The van der Waals surface area contributed by atoms with E-state index in [2.05, 4.69) is 13.3 Å². The molecule has 0 heterocycles. The van der Waals surface area contributed by atoms with Crippen molar-refractivity contribution in [2.75, 3.05) is 0 Å². The Bertz CT molecular complexity index is 780. The summed E-state index contributed by atoms with van der Waals surface area (Å²) in [6.45, 7) is -1.60. The number of rotatable bonds is 9. The van der Waals surface area contributed by atoms with Gasteiger partial charge < -0.3 is 13.3 Å². The maximum atomic E-state index is 13.1. The highest BCUT2D eigenvalue weighted by Crippen LogP contribution is 2.44. The van der Waals surface area contributed by atoms with E-state index in [1.807, 2.05) is 0 Å². The van der Waals surface area contributed by atoms with E-state index >= 15 is 0 Å². The zero-order valence-electron chi connectivity index (χ0n) is 17.9. The highest BCUT2D eigenvalue weighted by molar-refractivity contribution is 6.58. The van der Waals surface area contributed by atoms with Crippen LogP contribution in [0.4, 0.5) is 79.0 Å². The van der Waals surface area contributed by atoms with Crippen LogP contribution in [0.25, 0.3) is 0 Å². The fraction of sp³-hybridized carbons (Fsp3) is 0.625. The van der Waals surface area contributed by atoms with Crippen LogP contribution in [-0.2, 0) is 19.8 Å². The molecule has 0 aromatic heterocycles. The molecule has 0 saturated heterocycles. The number of benzene rings is 1. The lowest BCUT2D eigenvalue weighted by atomic mass is 10.2. The summed E-state index contributed by atoms with van der Waals surface area (Å²) in [6, 6.07) is 4.78. The quantitative estimate of drug-likeness (QED) is 0.241. The largest absolute Gasteiger partial charge is 0.599 e. The summed E-state index contributed by atoms with van der Waals surface area (Å²) in [4.78, 5) is 0.846. The molecule has 0 fully saturated rings. The number of alkyl halides is 18. The third-order valence-corrected chi connectivity index (χ3v) is 6.20. The lowest BCUT2D eigenvalue weighted by molar-refractivity contribution is -0.344. The minimum absolute atomic E-state index is 0.508. The summed E-state index contributed by atoms with van der Waals surface area (Å²) in [7, 11) is -7.90. The van der Waals surface area contributed by atoms with Gasteiger partial charge >= 0.3 is 46.0 Å². The molecule has 0 unspecified atom stereocenters. The molecule has 0 aliphatic carbocycles. The van der Waals surface area contributed by atoms with Gasteiger partial charge in [-0.05, 0) is 5.56 Å². The lowest BCUT2D eigenvalue weighted by Gasteiger charge is -2.39. The van der Waals surface area contributed by atoms with Crippen molar-refractivity contribution < 1.29 is 92.3 Å². The van der Waals surface area contributed by atoms with Gasteiger partial charge in [0, 0.05) is 6.54 Å². The number of hydrogen-bond donors (Lipinski definition) is 1. The second-order valence-corrected chi connectivity index (χ2v) is 9.31. The third kappa shape index (κ3) is 10.5. The van der Waals surface area contributed by atoms with Crippen LogP contribution in [0.3, 0.4) is 0 Å². The third-order valence-electron chi connectivity index (χ3n) is 3.95. The van der Waals surface area contributed by atoms with Gasteiger partial charge in [-0.2, -0.15) is 79.0 Å². The summed E-state index contributed by atoms with van der Waals surface area (Å²) in [6.07, 6.45) is -58.0. The van der Waals surface area contributed by atoms with Crippen LogP contribution in [0, 0.1) is 0 Å². The first-order chi connectivity index (χ1) is 17.1. The van der Waals surface area contributed by atoms with Gasteiger partial charge in [-0.15, -0.1) is 0 Å². The number of halogens is 18. The van der Waals surface area contributed by atoms with E-state index in [1.54, 1.807) is 0 Å². The summed E-state index contributed by atoms with van der Waals surface area (Å²) < 4.78 is 245. The van der Waals surface area contributed by atoms with Gasteiger partial charge in [-0.1, -0.05) is 30.3 Å². The van der Waals surface area contributed by atoms with Gasteiger partial charge in [-0.25, -0.2) is 0 Å². The highest BCUT2D eigenvalue weighted by Gasteiger charge is 2.71. The molecular formula is C16H11F18NO3Si. The average Bonchev–Trinajstić information content (AvgIpc) is 2.68. The van der Waals surface area contributed by atoms with E-state index in [1.165, 1.54) is 0 Å². The molecule has 228 valence electrons. The normalized spacial score (nSPS) is 15.1. The molecule has 1 N–H and O–H groups in total. The minimum Gasteiger partial charge on any atom is -0.340 e. The van der Waals surface area contributed by atoms with E-state index in [-0.39, 0.29) is 0 Å². The number of hydrogen-bond acceptors (Lipinski definition) is 4. The smallest absolute Gasteiger partial charge is 0.340 e. The van der Waals surface area contributed by atoms with Crippen LogP contribution in [0.15, 0.2) is 30.3 Å². The van der Waals surface area contributed by atoms with Gasteiger partial charge in [-0.3, -0.25) is 4.98 Å². The Morgan fingerprint density at radius 3 is 0.974 bits per heavy atom. The maximum absolute atomic E-state index is 13.1. The van der Waals surface area contributed by atoms with Crippen LogP contribution >= 0.6 is 0 Å². The van der Waals surface area contributed by atoms with E-state index in [9.17, 15) is 79.0 Å². The minimum atomic E-state index is -7.90. The van der Waals surface area contributed by atoms with Crippen molar-refractivity contribution in [3.63, 3.8) is 0 Å². The van der Waals surface area contributed by atoms with Crippen molar-refractivity contribution in [1.29, 1.82) is 0 Å². The predicted molar refractivity (Wildman–Crippen MR) is 90.0 cm³/mol. The second kappa shape index (κ2) is 11.5. The first-order valence-corrected chi connectivity index (χ1v) is 11.0. The molecule has 0 atom stereocenters. The van der Waals surface area contributed by atoms with Crippen LogP contribution in [-0.4, -0.2) is 64.3 Å². The van der Waals surface area contributed by atoms with Crippen molar-refractivity contribution in [3.8, 4) is 0 Å². The molecule has 0 aliphatic rings. The van der Waals surface area contributed by atoms with Crippen LogP contribution in [0.5, 0.6) is 0 Å². The van der Waals surface area contributed by atoms with E-state index in [0.717, 1.165) is 35.3 Å². The molecular weight excluding hydrogens is 624 g/mol. The topological polar surface area (TPSA) is 39.7 Å². The van der Waals surface area contributed by atoms with E-state index < -0.39 is 76.4 Å². The molecule has 0 amide bonds. The Labute approximate surface area is 205 Å². The molecule has 0 spiro atoms. The number of nitrogens with one attached hydrogen (secondary N) is 1. The van der Waals surface area contributed by atoms with Crippen molar-refractivity contribution >= 4 is 8.97 Å². The predicted octanol–water partition coefficient (Wildman–Crippen LogP) is 6.74. The molecule has 23 heteroatoms. The van der Waals surface area contributed by atoms with Crippen molar-refractivity contribution in [2.24, 2.45) is 0 Å². The zero-order chi connectivity index (χ0) is 30.9. The Hall–Kier alpha value is -1.98. The molecule has 0 radical (unpaired) electrons. The van der Waals surface area contributed by atoms with Gasteiger partial charge in [0.15, 0.2) is 0 Å². The van der Waals surface area contributed by atoms with Gasteiger partial charge in [0.1, 0.15) is 0 Å². The Morgan fingerprint density at radius 2 is 0.744 bits per heavy atom. The molecule has 1 aromatic rings. The van der Waals surface area contributed by atoms with E-state index in [4.69, 9.17) is 0 Å². The molecule has 39 heavy (non-hydrogen) atoms. The molecule has 0 bridgehead atoms. The summed E-state index contributed by atoms with van der Waals surface area (Å²) in [5.41, 5.74) is -0.508. The molecule has 1 rings (SSSR count). The van der Waals surface area contributed by atoms with Crippen LogP contribution in [0.1, 0.15) is 5.56 Å². The first-order valence-electron chi connectivity index (χ1n) is 9.32. The van der Waals surface area contributed by atoms with Crippen LogP contribution < -0.4 is 4.98 Å². The van der Waals surface area contributed by atoms with Crippen molar-refractivity contribution in [1.82, 2.24) is 4.98 Å². The van der Waals surface area contributed by atoms with Crippen molar-refractivity contribution in [2.45, 2.75) is 61.9 Å². The fourth-order valence-corrected chi connectivity index (χ4v) is 5.01. The Morgan fingerprint density at radius 1 is 0.487 bits per heavy atom. The summed E-state index contributed by atoms with van der Waals surface area (Å²) >= 11 is 0. The second-order valence-electron chi connectivity index (χ2n) is 7.14. The molecule has 1 aromatic carbocycles. The standard InChI is InChI=1S/C16H11F18NO3Si/c17-11(18,19)8(12(20,21)22)36-39(35-6-7-4-2-1-3-5-7,37-9(13(23,24)25)14(26,27)28)38-10(15(29,30)31)16(32,33)34/h1-5,8-10,35H,6H2. The van der Waals surface area contributed by atoms with Gasteiger partial charge in [0.05, 0.1) is 0 Å². The lowest BCUT2D eigenvalue weighted by Crippen LogP contribution is -2.70. The van der Waals surface area contributed by atoms with Gasteiger partial charge in [0.25, 0.3) is 0 Å². The molecule has 0 saturated carbocycles. The van der Waals surface area contributed by atoms with Gasteiger partial charge in [0.2, 0.25) is 18.3 Å². The first kappa shape index (κ1) is 35.0. The SMILES string of the molecule is FC(F)(F)C(O[Si](NCc1ccccc1)(OC(C(F)(F)F)C(F)(F)F)OC(C(F)(F)F)C(F)(F)F)C(F)(F)F. The monoisotopic (exact) mass is 635 g/mol. The summed E-state index contributed by atoms with van der Waals surface area (Å²) in [5, 5.41) is 0. The van der Waals surface area contributed by atoms with Crippen molar-refractivity contribution in [3.05, 3.63) is 35.9 Å². The Balaban J connectivity index is 3.96. The Kier molecular flexibility index (Phi) is 10.3. The molecule has 4 nitrogen and oxygen atoms in total. The fourth-order valence-electron chi connectivity index (χ4n) is 2.44. The molecule has 0 aliphatic heterocycles. The highest BCUT2D eigenvalue weighted by atomic mass is 28.4. The van der Waals surface area contributed by atoms with Crippen LogP contribution in [0.2, 0.25) is 0 Å². The zero-order valence-corrected chi connectivity index (χ0v) is 18.9. The maximum Gasteiger partial charge on any atom is 0.599 e. The average molecular weight is 635 g/mol.